The summed E-state index contributed by atoms with van der Waals surface area (Å²) < 4.78 is 12.0. The summed E-state index contributed by atoms with van der Waals surface area (Å²) >= 11 is 3.54. The van der Waals surface area contributed by atoms with Crippen LogP contribution in [0.1, 0.15) is 113 Å². The minimum Gasteiger partial charge on any atom is -0.464 e. The molecule has 8 heteroatoms. The fraction of sp³-hybridized carbons (Fsp3) is 0.611. The number of hydrogen-bond acceptors (Lipinski definition) is 7. The number of nitrogen functional groups attached to an aromatic ring is 1. The normalized spacial score (nSPS) is 15.5. The van der Waals surface area contributed by atoms with Crippen LogP contribution in [0.25, 0.3) is 0 Å². The minimum atomic E-state index is -0.377. The number of nitrogens with one attached hydrogen (secondary N) is 1. The Morgan fingerprint density at radius 2 is 1.61 bits per heavy atom. The molecule has 0 heterocycles. The molecule has 1 fully saturated rings. The molecule has 3 N–H and O–H groups in total. The third-order valence-electron chi connectivity index (χ3n) is 9.03. The first kappa shape index (κ1) is 36.1. The van der Waals surface area contributed by atoms with Crippen molar-refractivity contribution in [2.24, 2.45) is 5.92 Å². The maximum atomic E-state index is 13.0. The monoisotopic (exact) mass is 671 g/mol. The Morgan fingerprint density at radius 3 is 2.20 bits per heavy atom. The molecule has 0 radical (unpaired) electrons. The Morgan fingerprint density at radius 1 is 0.977 bits per heavy atom. The first-order valence-corrected chi connectivity index (χ1v) is 17.2. The summed E-state index contributed by atoms with van der Waals surface area (Å²) in [5.74, 6) is -0.344. The van der Waals surface area contributed by atoms with Gasteiger partial charge in [-0.3, -0.25) is 9.69 Å². The molecule has 2 aromatic carbocycles. The molecule has 1 saturated carbocycles. The molecule has 244 valence electrons. The molecular weight excluding hydrogens is 618 g/mol. The lowest BCUT2D eigenvalue weighted by Crippen LogP contribution is -2.45. The zero-order valence-corrected chi connectivity index (χ0v) is 29.3. The molecule has 0 aromatic heterocycles. The first-order chi connectivity index (χ1) is 20.9. The van der Waals surface area contributed by atoms with E-state index in [9.17, 15) is 9.59 Å². The SMILES string of the molecule is CCC1(NCc2cc(C(=O)OCCN(CCOC(=O)C(C)c3ccc(CC(C)C)cc3)C(C)C)cc(Br)c2N)CCCCC1. The van der Waals surface area contributed by atoms with E-state index < -0.39 is 0 Å². The molecule has 7 nitrogen and oxygen atoms in total. The second kappa shape index (κ2) is 17.3. The molecule has 0 bridgehead atoms. The highest BCUT2D eigenvalue weighted by Crippen LogP contribution is 2.32. The molecule has 0 amide bonds. The molecule has 0 saturated heterocycles. The summed E-state index contributed by atoms with van der Waals surface area (Å²) in [5.41, 5.74) is 10.8. The maximum Gasteiger partial charge on any atom is 0.338 e. The molecule has 0 aliphatic heterocycles. The minimum absolute atomic E-state index is 0.138. The molecular formula is C36H54BrN3O4. The van der Waals surface area contributed by atoms with Crippen molar-refractivity contribution in [1.82, 2.24) is 10.2 Å². The van der Waals surface area contributed by atoms with E-state index in [1.165, 1.54) is 37.7 Å². The van der Waals surface area contributed by atoms with Crippen molar-refractivity contribution in [2.75, 3.05) is 32.0 Å². The fourth-order valence-electron chi connectivity index (χ4n) is 6.01. The van der Waals surface area contributed by atoms with Crippen LogP contribution in [-0.2, 0) is 27.2 Å². The Labute approximate surface area is 273 Å². The van der Waals surface area contributed by atoms with Crippen LogP contribution in [0.4, 0.5) is 5.69 Å². The summed E-state index contributed by atoms with van der Waals surface area (Å²) in [5, 5.41) is 3.76. The average Bonchev–Trinajstić information content (AvgIpc) is 3.00. The number of benzene rings is 2. The fourth-order valence-corrected chi connectivity index (χ4v) is 6.51. The van der Waals surface area contributed by atoms with Gasteiger partial charge in [0.05, 0.1) is 17.2 Å². The molecule has 1 aliphatic rings. The van der Waals surface area contributed by atoms with E-state index in [4.69, 9.17) is 15.2 Å². The van der Waals surface area contributed by atoms with Gasteiger partial charge in [0.25, 0.3) is 0 Å². The lowest BCUT2D eigenvalue weighted by molar-refractivity contribution is -0.145. The molecule has 1 aliphatic carbocycles. The highest BCUT2D eigenvalue weighted by Gasteiger charge is 2.29. The number of hydrogen-bond donors (Lipinski definition) is 2. The van der Waals surface area contributed by atoms with Gasteiger partial charge in [-0.15, -0.1) is 0 Å². The van der Waals surface area contributed by atoms with Crippen LogP contribution in [0.5, 0.6) is 0 Å². The van der Waals surface area contributed by atoms with E-state index in [-0.39, 0.29) is 42.7 Å². The lowest BCUT2D eigenvalue weighted by atomic mass is 9.79. The molecule has 1 unspecified atom stereocenters. The van der Waals surface area contributed by atoms with Crippen LogP contribution in [0.2, 0.25) is 0 Å². The van der Waals surface area contributed by atoms with E-state index in [0.717, 1.165) is 24.0 Å². The van der Waals surface area contributed by atoms with Crippen LogP contribution < -0.4 is 11.1 Å². The van der Waals surface area contributed by atoms with E-state index in [2.05, 4.69) is 72.9 Å². The van der Waals surface area contributed by atoms with Gasteiger partial charge >= 0.3 is 11.9 Å². The number of nitrogens with zero attached hydrogens (tertiary/aromatic N) is 1. The summed E-state index contributed by atoms with van der Waals surface area (Å²) in [6, 6.07) is 12.0. The van der Waals surface area contributed by atoms with Gasteiger partial charge < -0.3 is 20.5 Å². The van der Waals surface area contributed by atoms with Crippen molar-refractivity contribution in [3.8, 4) is 0 Å². The van der Waals surface area contributed by atoms with Crippen LogP contribution in [0.3, 0.4) is 0 Å². The number of rotatable bonds is 16. The predicted molar refractivity (Wildman–Crippen MR) is 183 cm³/mol. The van der Waals surface area contributed by atoms with Crippen molar-refractivity contribution in [2.45, 2.75) is 111 Å². The van der Waals surface area contributed by atoms with Gasteiger partial charge in [-0.1, -0.05) is 64.3 Å². The summed E-state index contributed by atoms with van der Waals surface area (Å²) in [6.07, 6.45) is 8.22. The van der Waals surface area contributed by atoms with Crippen LogP contribution >= 0.6 is 15.9 Å². The molecule has 3 rings (SSSR count). The van der Waals surface area contributed by atoms with Crippen molar-refractivity contribution < 1.29 is 19.1 Å². The van der Waals surface area contributed by atoms with Crippen LogP contribution in [0.15, 0.2) is 40.9 Å². The third kappa shape index (κ3) is 10.6. The van der Waals surface area contributed by atoms with E-state index >= 15 is 0 Å². The number of carbonyl (C=O) groups excluding carboxylic acids is 2. The largest absolute Gasteiger partial charge is 0.464 e. The Kier molecular flexibility index (Phi) is 14.2. The summed E-state index contributed by atoms with van der Waals surface area (Å²) in [7, 11) is 0. The Hall–Kier alpha value is -2.42. The maximum absolute atomic E-state index is 13.0. The van der Waals surface area contributed by atoms with Crippen molar-refractivity contribution in [1.29, 1.82) is 0 Å². The third-order valence-corrected chi connectivity index (χ3v) is 9.69. The number of ether oxygens (including phenoxy) is 2. The number of anilines is 1. The second-order valence-electron chi connectivity index (χ2n) is 13.1. The van der Waals surface area contributed by atoms with Gasteiger partial charge in [0.1, 0.15) is 13.2 Å². The predicted octanol–water partition coefficient (Wildman–Crippen LogP) is 7.65. The van der Waals surface area contributed by atoms with Gasteiger partial charge in [-0.25, -0.2) is 4.79 Å². The number of halogens is 1. The average molecular weight is 673 g/mol. The second-order valence-corrected chi connectivity index (χ2v) is 13.9. The Bertz CT molecular complexity index is 1210. The van der Waals surface area contributed by atoms with Gasteiger partial charge in [-0.05, 0) is 97.1 Å². The van der Waals surface area contributed by atoms with Crippen LogP contribution in [0, 0.1) is 5.92 Å². The number of esters is 2. The topological polar surface area (TPSA) is 93.9 Å². The number of carbonyl (C=O) groups is 2. The van der Waals surface area contributed by atoms with E-state index in [0.29, 0.717) is 41.3 Å². The van der Waals surface area contributed by atoms with E-state index in [1.54, 1.807) is 6.07 Å². The van der Waals surface area contributed by atoms with Crippen molar-refractivity contribution in [3.63, 3.8) is 0 Å². The highest BCUT2D eigenvalue weighted by molar-refractivity contribution is 9.10. The van der Waals surface area contributed by atoms with Crippen molar-refractivity contribution in [3.05, 3.63) is 63.1 Å². The summed E-state index contributed by atoms with van der Waals surface area (Å²) in [4.78, 5) is 27.9. The number of nitrogens with two attached hydrogens (primary N) is 1. The van der Waals surface area contributed by atoms with Gasteiger partial charge in [0, 0.05) is 35.7 Å². The quantitative estimate of drug-likeness (QED) is 0.140. The van der Waals surface area contributed by atoms with Gasteiger partial charge in [0.2, 0.25) is 0 Å². The van der Waals surface area contributed by atoms with E-state index in [1.807, 2.05) is 25.1 Å². The Balaban J connectivity index is 1.48. The first-order valence-electron chi connectivity index (χ1n) is 16.4. The molecule has 2 aromatic rings. The van der Waals surface area contributed by atoms with Gasteiger partial charge in [0.15, 0.2) is 0 Å². The zero-order chi connectivity index (χ0) is 32.3. The molecule has 1 atom stereocenters. The smallest absolute Gasteiger partial charge is 0.338 e. The summed E-state index contributed by atoms with van der Waals surface area (Å²) in [6.45, 7) is 14.9. The van der Waals surface area contributed by atoms with Crippen molar-refractivity contribution >= 4 is 33.6 Å². The molecule has 0 spiro atoms. The zero-order valence-electron chi connectivity index (χ0n) is 27.7. The highest BCUT2D eigenvalue weighted by atomic mass is 79.9. The van der Waals surface area contributed by atoms with Gasteiger partial charge in [-0.2, -0.15) is 0 Å². The lowest BCUT2D eigenvalue weighted by Gasteiger charge is -2.38. The molecule has 44 heavy (non-hydrogen) atoms. The van der Waals surface area contributed by atoms with Crippen LogP contribution in [-0.4, -0.2) is 54.7 Å². The standard InChI is InChI=1S/C36H54BrN3O4/c1-7-36(15-9-8-10-16-36)39-24-31-22-30(23-32(37)33(31)38)35(42)44-20-18-40(26(4)5)17-19-43-34(41)27(6)29-13-11-28(12-14-29)21-25(2)3/h11-14,22-23,25-27,39H,7-10,15-21,24,38H2,1-6H3.